The van der Waals surface area contributed by atoms with E-state index in [2.05, 4.69) is 16.7 Å². The number of thiocarbonyl (C=S) groups is 1. The van der Waals surface area contributed by atoms with Crippen molar-refractivity contribution in [1.29, 1.82) is 0 Å². The Morgan fingerprint density at radius 1 is 1.17 bits per heavy atom. The van der Waals surface area contributed by atoms with Gasteiger partial charge in [0.15, 0.2) is 5.11 Å². The number of rotatable bonds is 5. The molecule has 0 atom stereocenters. The summed E-state index contributed by atoms with van der Waals surface area (Å²) in [4.78, 5) is 27.1. The maximum Gasteiger partial charge on any atom is 0.345 e. The van der Waals surface area contributed by atoms with Crippen LogP contribution in [0.1, 0.15) is 18.1 Å². The minimum absolute atomic E-state index is 0.100. The molecule has 0 unspecified atom stereocenters. The number of benzene rings is 2. The Hall–Kier alpha value is -2.90. The SMILES string of the molecule is CCOC(=O)/C(=C/NC(=S)Nc1ccc(Cl)cc1)C(=O)N1CCc2ccccc2C1. The molecule has 3 rings (SSSR count). The predicted octanol–water partition coefficient (Wildman–Crippen LogP) is 3.66. The molecule has 6 nitrogen and oxygen atoms in total. The summed E-state index contributed by atoms with van der Waals surface area (Å²) < 4.78 is 5.08. The van der Waals surface area contributed by atoms with Crippen LogP contribution < -0.4 is 10.6 Å². The van der Waals surface area contributed by atoms with Gasteiger partial charge in [-0.3, -0.25) is 4.79 Å². The molecule has 0 spiro atoms. The number of ether oxygens (including phenoxy) is 1. The van der Waals surface area contributed by atoms with Crippen LogP contribution in [0.4, 0.5) is 5.69 Å². The van der Waals surface area contributed by atoms with E-state index in [-0.39, 0.29) is 17.3 Å². The summed E-state index contributed by atoms with van der Waals surface area (Å²) in [7, 11) is 0. The lowest BCUT2D eigenvalue weighted by Crippen LogP contribution is -2.39. The van der Waals surface area contributed by atoms with Gasteiger partial charge >= 0.3 is 5.97 Å². The third-order valence-electron chi connectivity index (χ3n) is 4.59. The third kappa shape index (κ3) is 5.58. The van der Waals surface area contributed by atoms with E-state index in [1.807, 2.05) is 18.2 Å². The molecular weight excluding hydrogens is 422 g/mol. The number of hydrogen-bond acceptors (Lipinski definition) is 4. The van der Waals surface area contributed by atoms with E-state index < -0.39 is 11.9 Å². The van der Waals surface area contributed by atoms with Crippen LogP contribution in [-0.4, -0.2) is 35.0 Å². The molecule has 0 saturated carbocycles. The molecule has 0 aromatic heterocycles. The lowest BCUT2D eigenvalue weighted by atomic mass is 9.99. The Morgan fingerprint density at radius 3 is 2.57 bits per heavy atom. The number of amides is 1. The maximum absolute atomic E-state index is 13.1. The van der Waals surface area contributed by atoms with Gasteiger partial charge in [-0.2, -0.15) is 0 Å². The van der Waals surface area contributed by atoms with Crippen molar-refractivity contribution >= 4 is 46.5 Å². The second-order valence-electron chi connectivity index (χ2n) is 6.63. The van der Waals surface area contributed by atoms with E-state index in [1.165, 1.54) is 11.8 Å². The number of nitrogens with one attached hydrogen (secondary N) is 2. The van der Waals surface area contributed by atoms with Gasteiger partial charge in [-0.05, 0) is 61.0 Å². The number of anilines is 1. The van der Waals surface area contributed by atoms with Crippen LogP contribution in [0.5, 0.6) is 0 Å². The zero-order valence-corrected chi connectivity index (χ0v) is 18.1. The first-order valence-corrected chi connectivity index (χ1v) is 10.3. The fraction of sp³-hybridized carbons (Fsp3) is 0.227. The second-order valence-corrected chi connectivity index (χ2v) is 7.47. The summed E-state index contributed by atoms with van der Waals surface area (Å²) in [5.41, 5.74) is 2.92. The standard InChI is InChI=1S/C22H22ClN3O3S/c1-2-29-21(28)19(13-24-22(30)25-18-9-7-17(23)8-10-18)20(27)26-12-11-15-5-3-4-6-16(15)14-26/h3-10,13H,2,11-12,14H2,1H3,(H2,24,25,30)/b19-13+. The molecule has 156 valence electrons. The monoisotopic (exact) mass is 443 g/mol. The van der Waals surface area contributed by atoms with Crippen LogP contribution in [0.2, 0.25) is 5.02 Å². The number of nitrogens with zero attached hydrogens (tertiary/aromatic N) is 1. The van der Waals surface area contributed by atoms with Crippen molar-refractivity contribution in [2.45, 2.75) is 19.9 Å². The molecule has 0 bridgehead atoms. The van der Waals surface area contributed by atoms with Gasteiger partial charge in [0.1, 0.15) is 5.57 Å². The molecule has 0 saturated heterocycles. The first-order chi connectivity index (χ1) is 14.5. The fourth-order valence-corrected chi connectivity index (χ4v) is 3.40. The second kappa shape index (κ2) is 10.2. The van der Waals surface area contributed by atoms with Gasteiger partial charge < -0.3 is 20.3 Å². The largest absolute Gasteiger partial charge is 0.462 e. The molecule has 1 aliphatic heterocycles. The van der Waals surface area contributed by atoms with Crippen molar-refractivity contribution < 1.29 is 14.3 Å². The van der Waals surface area contributed by atoms with Crippen molar-refractivity contribution in [1.82, 2.24) is 10.2 Å². The van der Waals surface area contributed by atoms with Crippen molar-refractivity contribution in [2.75, 3.05) is 18.5 Å². The lowest BCUT2D eigenvalue weighted by Gasteiger charge is -2.29. The Kier molecular flexibility index (Phi) is 7.43. The van der Waals surface area contributed by atoms with Gasteiger partial charge in [0.25, 0.3) is 5.91 Å². The highest BCUT2D eigenvalue weighted by molar-refractivity contribution is 7.80. The average Bonchev–Trinajstić information content (AvgIpc) is 2.75. The summed E-state index contributed by atoms with van der Waals surface area (Å²) in [6.45, 7) is 2.83. The zero-order valence-electron chi connectivity index (χ0n) is 16.5. The van der Waals surface area contributed by atoms with Crippen molar-refractivity contribution in [3.63, 3.8) is 0 Å². The topological polar surface area (TPSA) is 70.7 Å². The van der Waals surface area contributed by atoms with Crippen molar-refractivity contribution in [3.8, 4) is 0 Å². The van der Waals surface area contributed by atoms with E-state index in [9.17, 15) is 9.59 Å². The minimum Gasteiger partial charge on any atom is -0.462 e. The summed E-state index contributed by atoms with van der Waals surface area (Å²) in [6, 6.07) is 15.0. The molecule has 1 amide bonds. The molecule has 2 N–H and O–H groups in total. The summed E-state index contributed by atoms with van der Waals surface area (Å²) in [5, 5.41) is 6.61. The highest BCUT2D eigenvalue weighted by Gasteiger charge is 2.28. The van der Waals surface area contributed by atoms with Crippen LogP contribution in [-0.2, 0) is 27.3 Å². The first kappa shape index (κ1) is 21.8. The molecule has 0 radical (unpaired) electrons. The van der Waals surface area contributed by atoms with E-state index in [0.29, 0.717) is 18.1 Å². The molecule has 2 aromatic carbocycles. The third-order valence-corrected chi connectivity index (χ3v) is 5.07. The Labute approximate surface area is 185 Å². The predicted molar refractivity (Wildman–Crippen MR) is 121 cm³/mol. The van der Waals surface area contributed by atoms with Gasteiger partial charge in [-0.1, -0.05) is 35.9 Å². The Balaban J connectivity index is 1.72. The highest BCUT2D eigenvalue weighted by atomic mass is 35.5. The van der Waals surface area contributed by atoms with Gasteiger partial charge in [0.2, 0.25) is 0 Å². The van der Waals surface area contributed by atoms with E-state index in [1.54, 1.807) is 36.1 Å². The van der Waals surface area contributed by atoms with Crippen LogP contribution in [0, 0.1) is 0 Å². The van der Waals surface area contributed by atoms with Gasteiger partial charge in [0.05, 0.1) is 6.61 Å². The molecule has 2 aromatic rings. The smallest absolute Gasteiger partial charge is 0.345 e. The molecule has 30 heavy (non-hydrogen) atoms. The summed E-state index contributed by atoms with van der Waals surface area (Å²) >= 11 is 11.1. The number of hydrogen-bond donors (Lipinski definition) is 2. The van der Waals surface area contributed by atoms with E-state index >= 15 is 0 Å². The normalized spacial score (nSPS) is 13.3. The van der Waals surface area contributed by atoms with Crippen molar-refractivity contribution in [3.05, 3.63) is 76.5 Å². The zero-order chi connectivity index (χ0) is 21.5. The summed E-state index contributed by atoms with van der Waals surface area (Å²) in [5.74, 6) is -1.09. The van der Waals surface area contributed by atoms with Crippen LogP contribution >= 0.6 is 23.8 Å². The number of fused-ring (bicyclic) bond motifs is 1. The first-order valence-electron chi connectivity index (χ1n) is 9.54. The molecule has 0 aliphatic carbocycles. The van der Waals surface area contributed by atoms with Gasteiger partial charge in [-0.25, -0.2) is 4.79 Å². The van der Waals surface area contributed by atoms with Gasteiger partial charge in [-0.15, -0.1) is 0 Å². The Morgan fingerprint density at radius 2 is 1.87 bits per heavy atom. The van der Waals surface area contributed by atoms with E-state index in [4.69, 9.17) is 28.6 Å². The van der Waals surface area contributed by atoms with E-state index in [0.717, 1.165) is 17.7 Å². The fourth-order valence-electron chi connectivity index (χ4n) is 3.09. The molecular formula is C22H22ClN3O3S. The maximum atomic E-state index is 13.1. The number of carbonyl (C=O) groups excluding carboxylic acids is 2. The van der Waals surface area contributed by atoms with Crippen LogP contribution in [0.15, 0.2) is 60.3 Å². The van der Waals surface area contributed by atoms with Crippen LogP contribution in [0.25, 0.3) is 0 Å². The quantitative estimate of drug-likeness (QED) is 0.241. The van der Waals surface area contributed by atoms with Gasteiger partial charge in [0, 0.05) is 30.0 Å². The van der Waals surface area contributed by atoms with Crippen LogP contribution in [0.3, 0.4) is 0 Å². The molecule has 0 fully saturated rings. The molecule has 1 heterocycles. The minimum atomic E-state index is -0.692. The number of halogens is 1. The average molecular weight is 444 g/mol. The lowest BCUT2D eigenvalue weighted by molar-refractivity contribution is -0.142. The number of esters is 1. The summed E-state index contributed by atoms with van der Waals surface area (Å²) in [6.07, 6.45) is 2.04. The molecule has 1 aliphatic rings. The highest BCUT2D eigenvalue weighted by Crippen LogP contribution is 2.20. The molecule has 8 heteroatoms. The number of carbonyl (C=O) groups is 2. The van der Waals surface area contributed by atoms with Crippen molar-refractivity contribution in [2.24, 2.45) is 0 Å². The Bertz CT molecular complexity index is 976.